The summed E-state index contributed by atoms with van der Waals surface area (Å²) < 4.78 is 60.1. The van der Waals surface area contributed by atoms with Gasteiger partial charge < -0.3 is 15.2 Å². The summed E-state index contributed by atoms with van der Waals surface area (Å²) in [4.78, 5) is 21.8. The molecule has 2 aromatic rings. The third-order valence-corrected chi connectivity index (χ3v) is 9.60. The summed E-state index contributed by atoms with van der Waals surface area (Å²) in [5.74, 6) is 0.224. The van der Waals surface area contributed by atoms with Crippen LogP contribution in [0.1, 0.15) is 57.1 Å². The van der Waals surface area contributed by atoms with Crippen LogP contribution in [0.15, 0.2) is 17.1 Å². The zero-order valence-corrected chi connectivity index (χ0v) is 20.2. The molecule has 0 spiro atoms. The molecule has 35 heavy (non-hydrogen) atoms. The first-order valence-electron chi connectivity index (χ1n) is 11.8. The Morgan fingerprint density at radius 3 is 2.54 bits per heavy atom. The monoisotopic (exact) mass is 513 g/mol. The zero-order chi connectivity index (χ0) is 25.0. The number of rotatable bonds is 6. The molecule has 4 heterocycles. The fraction of sp³-hybridized carbons (Fsp3) is 0.682. The van der Waals surface area contributed by atoms with E-state index in [1.807, 2.05) is 0 Å². The molecule has 2 saturated heterocycles. The predicted octanol–water partition coefficient (Wildman–Crippen LogP) is 1.81. The molecule has 5 rings (SSSR count). The Morgan fingerprint density at radius 2 is 1.97 bits per heavy atom. The number of sulfonamides is 1. The number of halogens is 2. The van der Waals surface area contributed by atoms with Gasteiger partial charge >= 0.3 is 0 Å². The first kappa shape index (κ1) is 24.5. The first-order chi connectivity index (χ1) is 16.6. The average molecular weight is 514 g/mol. The topological polar surface area (TPSA) is 127 Å². The number of anilines is 1. The molecular formula is C22H29F2N5O5S. The van der Waals surface area contributed by atoms with Crippen molar-refractivity contribution in [3.8, 4) is 0 Å². The lowest BCUT2D eigenvalue weighted by molar-refractivity contribution is 0.0261. The summed E-state index contributed by atoms with van der Waals surface area (Å²) in [5.41, 5.74) is -2.54. The number of hydrogen-bond donors (Lipinski definition) is 2. The van der Waals surface area contributed by atoms with E-state index in [-0.39, 0.29) is 36.2 Å². The van der Waals surface area contributed by atoms with Crippen LogP contribution in [0, 0.1) is 0 Å². The fourth-order valence-electron chi connectivity index (χ4n) is 5.23. The standard InChI is InChI=1S/C22H29F2N5O5S/c1-22(31)6-2-3-17(22)29-19-13(9-16(18(23)24)20(29)30)10-25-21(27-19)26-14-4-7-28(8-5-14)35(32,33)15-11-34-12-15/h9-10,14-15,17-18,31H,2-8,11-12H2,1H3,(H,25,26,27)/t17-,22-/m1/s1. The van der Waals surface area contributed by atoms with Gasteiger partial charge in [-0.2, -0.15) is 4.98 Å². The normalized spacial score (nSPS) is 26.9. The minimum absolute atomic E-state index is 0.0911. The van der Waals surface area contributed by atoms with E-state index in [9.17, 15) is 27.1 Å². The highest BCUT2D eigenvalue weighted by molar-refractivity contribution is 7.89. The lowest BCUT2D eigenvalue weighted by Gasteiger charge is -2.36. The highest BCUT2D eigenvalue weighted by atomic mass is 32.2. The van der Waals surface area contributed by atoms with E-state index in [2.05, 4.69) is 15.3 Å². The molecule has 0 unspecified atom stereocenters. The summed E-state index contributed by atoms with van der Waals surface area (Å²) in [7, 11) is -3.37. The Labute approximate surface area is 201 Å². The molecule has 2 N–H and O–H groups in total. The van der Waals surface area contributed by atoms with Gasteiger partial charge in [0.1, 0.15) is 10.9 Å². The highest BCUT2D eigenvalue weighted by Crippen LogP contribution is 2.40. The van der Waals surface area contributed by atoms with Crippen LogP contribution in [0.2, 0.25) is 0 Å². The molecule has 0 amide bonds. The van der Waals surface area contributed by atoms with Crippen LogP contribution in [-0.2, 0) is 14.8 Å². The quantitative estimate of drug-likeness (QED) is 0.599. The SMILES string of the molecule is C[C@@]1(O)CCC[C@H]1n1c(=O)c(C(F)F)cc2cnc(NC3CCN(S(=O)(=O)C4COC4)CC3)nc21. The van der Waals surface area contributed by atoms with Crippen molar-refractivity contribution in [2.24, 2.45) is 0 Å². The van der Waals surface area contributed by atoms with Crippen molar-refractivity contribution in [1.29, 1.82) is 0 Å². The van der Waals surface area contributed by atoms with Crippen LogP contribution >= 0.6 is 0 Å². The molecule has 13 heteroatoms. The molecule has 0 aromatic carbocycles. The molecule has 2 atom stereocenters. The zero-order valence-electron chi connectivity index (χ0n) is 19.4. The average Bonchev–Trinajstić information content (AvgIpc) is 3.10. The molecule has 192 valence electrons. The maximum atomic E-state index is 13.6. The van der Waals surface area contributed by atoms with Crippen molar-refractivity contribution in [3.05, 3.63) is 28.2 Å². The van der Waals surface area contributed by atoms with Gasteiger partial charge in [-0.15, -0.1) is 0 Å². The Kier molecular flexibility index (Phi) is 6.31. The second-order valence-electron chi connectivity index (χ2n) is 9.84. The molecular weight excluding hydrogens is 484 g/mol. The Balaban J connectivity index is 1.41. The van der Waals surface area contributed by atoms with E-state index < -0.39 is 44.5 Å². The smallest absolute Gasteiger partial charge is 0.269 e. The lowest BCUT2D eigenvalue weighted by Crippen LogP contribution is -2.52. The molecule has 2 aromatic heterocycles. The van der Waals surface area contributed by atoms with Gasteiger partial charge in [0.05, 0.1) is 30.4 Å². The maximum Gasteiger partial charge on any atom is 0.269 e. The lowest BCUT2D eigenvalue weighted by atomic mass is 9.99. The minimum atomic E-state index is -3.37. The Hall–Kier alpha value is -2.22. The van der Waals surface area contributed by atoms with Crippen molar-refractivity contribution in [1.82, 2.24) is 18.8 Å². The molecule has 0 radical (unpaired) electrons. The molecule has 0 bridgehead atoms. The summed E-state index contributed by atoms with van der Waals surface area (Å²) in [6, 6.07) is 0.342. The number of aliphatic hydroxyl groups is 1. The number of nitrogens with one attached hydrogen (secondary N) is 1. The van der Waals surface area contributed by atoms with Crippen molar-refractivity contribution in [2.45, 2.75) is 68.4 Å². The Bertz CT molecular complexity index is 1270. The molecule has 10 nitrogen and oxygen atoms in total. The van der Waals surface area contributed by atoms with E-state index >= 15 is 0 Å². The van der Waals surface area contributed by atoms with Gasteiger partial charge in [-0.3, -0.25) is 9.36 Å². The van der Waals surface area contributed by atoms with Crippen molar-refractivity contribution < 1.29 is 27.0 Å². The van der Waals surface area contributed by atoms with Crippen LogP contribution in [0.25, 0.3) is 11.0 Å². The van der Waals surface area contributed by atoms with E-state index in [4.69, 9.17) is 4.74 Å². The van der Waals surface area contributed by atoms with Gasteiger partial charge in [0, 0.05) is 30.7 Å². The van der Waals surface area contributed by atoms with Gasteiger partial charge in [0.15, 0.2) is 0 Å². The second kappa shape index (κ2) is 9.02. The van der Waals surface area contributed by atoms with Gasteiger partial charge in [-0.1, -0.05) is 0 Å². The second-order valence-corrected chi connectivity index (χ2v) is 12.0. The molecule has 1 saturated carbocycles. The maximum absolute atomic E-state index is 13.6. The van der Waals surface area contributed by atoms with Gasteiger partial charge in [0.2, 0.25) is 16.0 Å². The van der Waals surface area contributed by atoms with Gasteiger partial charge in [-0.25, -0.2) is 26.5 Å². The molecule has 2 aliphatic heterocycles. The minimum Gasteiger partial charge on any atom is -0.388 e. The van der Waals surface area contributed by atoms with E-state index in [0.29, 0.717) is 45.2 Å². The number of alkyl halides is 2. The van der Waals surface area contributed by atoms with Crippen molar-refractivity contribution >= 4 is 27.0 Å². The largest absolute Gasteiger partial charge is 0.388 e. The van der Waals surface area contributed by atoms with E-state index in [1.165, 1.54) is 15.1 Å². The van der Waals surface area contributed by atoms with Gasteiger partial charge in [-0.05, 0) is 45.1 Å². The van der Waals surface area contributed by atoms with Crippen LogP contribution in [0.5, 0.6) is 0 Å². The number of ether oxygens (including phenoxy) is 1. The first-order valence-corrected chi connectivity index (χ1v) is 13.3. The summed E-state index contributed by atoms with van der Waals surface area (Å²) in [6.45, 7) is 2.79. The third kappa shape index (κ3) is 4.43. The summed E-state index contributed by atoms with van der Waals surface area (Å²) in [5, 5.41) is 13.9. The number of aromatic nitrogens is 3. The summed E-state index contributed by atoms with van der Waals surface area (Å²) >= 11 is 0. The van der Waals surface area contributed by atoms with Crippen molar-refractivity contribution in [3.63, 3.8) is 0 Å². The Morgan fingerprint density at radius 1 is 1.26 bits per heavy atom. The summed E-state index contributed by atoms with van der Waals surface area (Å²) in [6.07, 6.45) is 1.11. The van der Waals surface area contributed by atoms with Crippen LogP contribution < -0.4 is 10.9 Å². The number of fused-ring (bicyclic) bond motifs is 1. The molecule has 1 aliphatic carbocycles. The van der Waals surface area contributed by atoms with Crippen molar-refractivity contribution in [2.75, 3.05) is 31.6 Å². The van der Waals surface area contributed by atoms with Crippen LogP contribution in [0.4, 0.5) is 14.7 Å². The number of nitrogens with zero attached hydrogens (tertiary/aromatic N) is 4. The van der Waals surface area contributed by atoms with Crippen LogP contribution in [-0.4, -0.2) is 75.6 Å². The van der Waals surface area contributed by atoms with Crippen LogP contribution in [0.3, 0.4) is 0 Å². The molecule has 3 fully saturated rings. The predicted molar refractivity (Wildman–Crippen MR) is 124 cm³/mol. The third-order valence-electron chi connectivity index (χ3n) is 7.40. The van der Waals surface area contributed by atoms with Gasteiger partial charge in [0.25, 0.3) is 12.0 Å². The van der Waals surface area contributed by atoms with E-state index in [1.54, 1.807) is 6.92 Å². The number of hydrogen-bond acceptors (Lipinski definition) is 8. The highest BCUT2D eigenvalue weighted by Gasteiger charge is 2.41. The fourth-order valence-corrected chi connectivity index (χ4v) is 6.91. The number of pyridine rings is 1. The van der Waals surface area contributed by atoms with E-state index in [0.717, 1.165) is 6.07 Å². The molecule has 3 aliphatic rings. The number of piperidine rings is 1.